The molecule has 2 amide bonds. The van der Waals surface area contributed by atoms with Crippen LogP contribution in [0.1, 0.15) is 31.7 Å². The number of benzene rings is 3. The van der Waals surface area contributed by atoms with Crippen molar-refractivity contribution in [1.29, 1.82) is 0 Å². The van der Waals surface area contributed by atoms with Gasteiger partial charge in [0.15, 0.2) is 5.11 Å². The van der Waals surface area contributed by atoms with Crippen LogP contribution in [0.25, 0.3) is 0 Å². The first-order valence-electron chi connectivity index (χ1n) is 13.4. The minimum Gasteiger partial charge on any atom is -0.494 e. The monoisotopic (exact) mass is 544 g/mol. The number of carbonyl (C=O) groups is 2. The molecule has 3 aromatic carbocycles. The molecule has 0 aromatic heterocycles. The van der Waals surface area contributed by atoms with Gasteiger partial charge in [0.1, 0.15) is 11.8 Å². The lowest BCUT2D eigenvalue weighted by Gasteiger charge is -2.24. The summed E-state index contributed by atoms with van der Waals surface area (Å²) in [5.74, 6) is 0.326. The van der Waals surface area contributed by atoms with Crippen molar-refractivity contribution in [3.63, 3.8) is 0 Å². The first kappa shape index (κ1) is 28.1. The van der Waals surface area contributed by atoms with E-state index in [1.807, 2.05) is 90.6 Å². The molecule has 1 heterocycles. The highest BCUT2D eigenvalue weighted by Crippen LogP contribution is 2.29. The van der Waals surface area contributed by atoms with Crippen LogP contribution in [0.5, 0.6) is 5.75 Å². The number of anilines is 3. The number of hydrogen-bond donors (Lipinski definition) is 1. The fraction of sp³-hybridized carbons (Fsp3) is 0.323. The zero-order valence-corrected chi connectivity index (χ0v) is 23.6. The van der Waals surface area contributed by atoms with Crippen LogP contribution in [-0.4, -0.2) is 55.1 Å². The van der Waals surface area contributed by atoms with E-state index < -0.39 is 6.04 Å². The van der Waals surface area contributed by atoms with E-state index in [0.717, 1.165) is 29.8 Å². The van der Waals surface area contributed by atoms with Crippen molar-refractivity contribution in [3.05, 3.63) is 84.4 Å². The Balaban J connectivity index is 1.48. The van der Waals surface area contributed by atoms with Gasteiger partial charge in [-0.2, -0.15) is 0 Å². The molecule has 1 N–H and O–H groups in total. The second-order valence-electron chi connectivity index (χ2n) is 9.79. The highest BCUT2D eigenvalue weighted by Gasteiger charge is 2.43. The average Bonchev–Trinajstić information content (AvgIpc) is 3.17. The summed E-state index contributed by atoms with van der Waals surface area (Å²) >= 11 is 5.81. The Labute approximate surface area is 236 Å². The summed E-state index contributed by atoms with van der Waals surface area (Å²) in [4.78, 5) is 32.3. The van der Waals surface area contributed by atoms with Gasteiger partial charge in [0, 0.05) is 32.0 Å². The lowest BCUT2D eigenvalue weighted by molar-refractivity contribution is -0.124. The maximum atomic E-state index is 13.7. The summed E-state index contributed by atoms with van der Waals surface area (Å²) in [6, 6.07) is 24.4. The minimum absolute atomic E-state index is 0.00516. The maximum Gasteiger partial charge on any atom is 0.256 e. The Kier molecular flexibility index (Phi) is 9.54. The minimum atomic E-state index is -0.689. The molecule has 3 aromatic rings. The third-order valence-electron chi connectivity index (χ3n) is 6.71. The molecule has 0 radical (unpaired) electrons. The van der Waals surface area contributed by atoms with Crippen molar-refractivity contribution in [2.24, 2.45) is 0 Å². The van der Waals surface area contributed by atoms with Gasteiger partial charge in [0.25, 0.3) is 5.91 Å². The number of nitrogens with one attached hydrogen (secondary N) is 1. The van der Waals surface area contributed by atoms with E-state index in [4.69, 9.17) is 17.0 Å². The first-order chi connectivity index (χ1) is 18.9. The van der Waals surface area contributed by atoms with Crippen molar-refractivity contribution < 1.29 is 14.3 Å². The van der Waals surface area contributed by atoms with Gasteiger partial charge in [-0.25, -0.2) is 0 Å². The highest BCUT2D eigenvalue weighted by molar-refractivity contribution is 7.80. The summed E-state index contributed by atoms with van der Waals surface area (Å²) in [5, 5.41) is 3.34. The van der Waals surface area contributed by atoms with Crippen molar-refractivity contribution in [2.75, 3.05) is 42.4 Å². The molecule has 1 aliphatic rings. The van der Waals surface area contributed by atoms with Gasteiger partial charge in [-0.05, 0) is 79.2 Å². The van der Waals surface area contributed by atoms with E-state index in [9.17, 15) is 9.59 Å². The lowest BCUT2D eigenvalue weighted by atomic mass is 10.1. The topological polar surface area (TPSA) is 65.1 Å². The standard InChI is InChI=1S/C31H36N4O3S/c1-4-5-21-38-27-17-11-24(12-18-27)32-29(36)22-28-30(37)35(26-15-13-25(14-16-26)33(2)3)31(39)34(28)20-19-23-9-7-6-8-10-23/h6-18,28H,4-5,19-22H2,1-3H3,(H,32,36)/t28-/m1/s1. The van der Waals surface area contributed by atoms with Crippen molar-refractivity contribution in [2.45, 2.75) is 38.6 Å². The first-order valence-corrected chi connectivity index (χ1v) is 13.8. The molecule has 4 rings (SSSR count). The van der Waals surface area contributed by atoms with E-state index in [1.165, 1.54) is 0 Å². The SMILES string of the molecule is CCCCOc1ccc(NC(=O)C[C@@H]2C(=O)N(c3ccc(N(C)C)cc3)C(=S)N2CCc2ccccc2)cc1. The number of ether oxygens (including phenoxy) is 1. The smallest absolute Gasteiger partial charge is 0.256 e. The normalized spacial score (nSPS) is 15.0. The molecule has 0 unspecified atom stereocenters. The van der Waals surface area contributed by atoms with Crippen LogP contribution in [0.4, 0.5) is 17.1 Å². The van der Waals surface area contributed by atoms with Crippen LogP contribution in [-0.2, 0) is 16.0 Å². The summed E-state index contributed by atoms with van der Waals surface area (Å²) in [7, 11) is 3.93. The van der Waals surface area contributed by atoms with Crippen LogP contribution in [0.15, 0.2) is 78.9 Å². The largest absolute Gasteiger partial charge is 0.494 e. The Morgan fingerprint density at radius 1 is 1.00 bits per heavy atom. The second-order valence-corrected chi connectivity index (χ2v) is 10.2. The van der Waals surface area contributed by atoms with E-state index in [0.29, 0.717) is 36.1 Å². The zero-order valence-electron chi connectivity index (χ0n) is 22.8. The predicted molar refractivity (Wildman–Crippen MR) is 162 cm³/mol. The van der Waals surface area contributed by atoms with Crippen LogP contribution in [0.3, 0.4) is 0 Å². The number of hydrogen-bond acceptors (Lipinski definition) is 5. The third kappa shape index (κ3) is 7.15. The van der Waals surface area contributed by atoms with Gasteiger partial charge in [-0.1, -0.05) is 43.7 Å². The molecule has 1 fully saturated rings. The van der Waals surface area contributed by atoms with Gasteiger partial charge < -0.3 is 19.9 Å². The Morgan fingerprint density at radius 3 is 2.33 bits per heavy atom. The third-order valence-corrected chi connectivity index (χ3v) is 7.13. The fourth-order valence-corrected chi connectivity index (χ4v) is 4.89. The molecule has 1 saturated heterocycles. The Morgan fingerprint density at radius 2 is 1.69 bits per heavy atom. The van der Waals surface area contributed by atoms with Crippen LogP contribution < -0.4 is 19.9 Å². The summed E-state index contributed by atoms with van der Waals surface area (Å²) < 4.78 is 5.70. The van der Waals surface area contributed by atoms with E-state index in [2.05, 4.69) is 24.4 Å². The van der Waals surface area contributed by atoms with Crippen LogP contribution in [0.2, 0.25) is 0 Å². The number of nitrogens with zero attached hydrogens (tertiary/aromatic N) is 3. The molecule has 0 bridgehead atoms. The number of carbonyl (C=O) groups excluding carboxylic acids is 2. The quantitative estimate of drug-likeness (QED) is 0.240. The van der Waals surface area contributed by atoms with Gasteiger partial charge >= 0.3 is 0 Å². The molecule has 204 valence electrons. The molecular formula is C31H36N4O3S. The Bertz CT molecular complexity index is 1260. The van der Waals surface area contributed by atoms with Gasteiger partial charge in [-0.3, -0.25) is 14.5 Å². The number of unbranched alkanes of at least 4 members (excludes halogenated alkanes) is 1. The van der Waals surface area contributed by atoms with E-state index >= 15 is 0 Å². The highest BCUT2D eigenvalue weighted by atomic mass is 32.1. The lowest BCUT2D eigenvalue weighted by Crippen LogP contribution is -2.39. The summed E-state index contributed by atoms with van der Waals surface area (Å²) in [6.07, 6.45) is 2.76. The molecule has 0 aliphatic carbocycles. The summed E-state index contributed by atoms with van der Waals surface area (Å²) in [6.45, 7) is 3.31. The molecule has 7 nitrogen and oxygen atoms in total. The fourth-order valence-electron chi connectivity index (χ4n) is 4.48. The van der Waals surface area contributed by atoms with Crippen LogP contribution >= 0.6 is 12.2 Å². The molecule has 0 saturated carbocycles. The Hall–Kier alpha value is -3.91. The van der Waals surface area contributed by atoms with Crippen LogP contribution in [0, 0.1) is 0 Å². The van der Waals surface area contributed by atoms with Crippen molar-refractivity contribution in [1.82, 2.24) is 4.90 Å². The van der Waals surface area contributed by atoms with E-state index in [1.54, 1.807) is 4.90 Å². The van der Waals surface area contributed by atoms with Crippen molar-refractivity contribution in [3.8, 4) is 5.75 Å². The average molecular weight is 545 g/mol. The molecule has 8 heteroatoms. The molecule has 1 aliphatic heterocycles. The summed E-state index contributed by atoms with van der Waals surface area (Å²) in [5.41, 5.74) is 3.52. The van der Waals surface area contributed by atoms with Gasteiger partial charge in [0.05, 0.1) is 18.7 Å². The number of rotatable bonds is 12. The zero-order chi connectivity index (χ0) is 27.8. The van der Waals surface area contributed by atoms with Gasteiger partial charge in [0.2, 0.25) is 5.91 Å². The second kappa shape index (κ2) is 13.2. The number of thiocarbonyl (C=S) groups is 1. The van der Waals surface area contributed by atoms with E-state index in [-0.39, 0.29) is 18.2 Å². The molecule has 1 atom stereocenters. The maximum absolute atomic E-state index is 13.7. The molecule has 39 heavy (non-hydrogen) atoms. The predicted octanol–water partition coefficient (Wildman–Crippen LogP) is 5.51. The number of amides is 2. The van der Waals surface area contributed by atoms with Gasteiger partial charge in [-0.15, -0.1) is 0 Å². The molecule has 0 spiro atoms. The molecular weight excluding hydrogens is 508 g/mol. The van der Waals surface area contributed by atoms with Crippen molar-refractivity contribution >= 4 is 46.2 Å².